The minimum Gasteiger partial charge on any atom is -0.311 e. The molecule has 7 heteroatoms. The lowest BCUT2D eigenvalue weighted by atomic mass is 9.94. The molecule has 1 fully saturated rings. The highest BCUT2D eigenvalue weighted by atomic mass is 16.2. The van der Waals surface area contributed by atoms with Crippen molar-refractivity contribution < 1.29 is 14.4 Å². The Balaban J connectivity index is 1.22. The molecule has 1 aromatic heterocycles. The maximum absolute atomic E-state index is 13.0. The van der Waals surface area contributed by atoms with Gasteiger partial charge in [-0.1, -0.05) is 43.5 Å². The number of imide groups is 1. The number of anilines is 1. The Morgan fingerprint density at radius 1 is 0.969 bits per heavy atom. The largest absolute Gasteiger partial charge is 0.311 e. The second-order valence-corrected chi connectivity index (χ2v) is 8.58. The predicted molar refractivity (Wildman–Crippen MR) is 122 cm³/mol. The lowest BCUT2D eigenvalue weighted by molar-refractivity contribution is -0.116. The van der Waals surface area contributed by atoms with Crippen molar-refractivity contribution in [1.82, 2.24) is 14.7 Å². The number of amides is 3. The Kier molecular flexibility index (Phi) is 5.47. The molecule has 1 saturated carbocycles. The van der Waals surface area contributed by atoms with Crippen LogP contribution in [0.25, 0.3) is 10.8 Å². The van der Waals surface area contributed by atoms with Crippen molar-refractivity contribution in [2.24, 2.45) is 0 Å². The Hall–Kier alpha value is -3.48. The highest BCUT2D eigenvalue weighted by Crippen LogP contribution is 2.31. The van der Waals surface area contributed by atoms with Gasteiger partial charge in [-0.15, -0.1) is 0 Å². The van der Waals surface area contributed by atoms with Crippen molar-refractivity contribution in [1.29, 1.82) is 0 Å². The molecule has 5 rings (SSSR count). The van der Waals surface area contributed by atoms with Crippen molar-refractivity contribution in [2.45, 2.75) is 51.0 Å². The number of carbonyl (C=O) groups is 3. The van der Waals surface area contributed by atoms with Gasteiger partial charge in [0.2, 0.25) is 5.91 Å². The van der Waals surface area contributed by atoms with Crippen LogP contribution >= 0.6 is 0 Å². The van der Waals surface area contributed by atoms with Gasteiger partial charge in [-0.2, -0.15) is 5.10 Å². The van der Waals surface area contributed by atoms with Crippen LogP contribution in [-0.4, -0.2) is 38.9 Å². The highest BCUT2D eigenvalue weighted by molar-refractivity contribution is 6.25. The lowest BCUT2D eigenvalue weighted by Crippen LogP contribution is -2.41. The van der Waals surface area contributed by atoms with Gasteiger partial charge in [0.15, 0.2) is 0 Å². The van der Waals surface area contributed by atoms with E-state index in [9.17, 15) is 14.4 Å². The molecule has 0 unspecified atom stereocenters. The molecular weight excluding hydrogens is 404 g/mol. The van der Waals surface area contributed by atoms with Gasteiger partial charge in [0.25, 0.3) is 11.8 Å². The molecule has 3 amide bonds. The summed E-state index contributed by atoms with van der Waals surface area (Å²) >= 11 is 0. The lowest BCUT2D eigenvalue weighted by Gasteiger charge is -2.27. The molecule has 0 bridgehead atoms. The van der Waals surface area contributed by atoms with E-state index in [0.29, 0.717) is 29.4 Å². The van der Waals surface area contributed by atoms with E-state index in [4.69, 9.17) is 0 Å². The first-order valence-corrected chi connectivity index (χ1v) is 11.3. The van der Waals surface area contributed by atoms with Crippen LogP contribution in [-0.2, 0) is 4.79 Å². The minimum atomic E-state index is -0.296. The molecule has 164 valence electrons. The van der Waals surface area contributed by atoms with Crippen LogP contribution in [0.4, 0.5) is 5.82 Å². The quantitative estimate of drug-likeness (QED) is 0.581. The van der Waals surface area contributed by atoms with E-state index in [-0.39, 0.29) is 30.7 Å². The topological polar surface area (TPSA) is 84.3 Å². The molecule has 0 radical (unpaired) electrons. The first-order chi connectivity index (χ1) is 15.6. The fourth-order valence-electron chi connectivity index (χ4n) is 4.92. The molecule has 2 aliphatic rings. The van der Waals surface area contributed by atoms with Crippen LogP contribution in [0.2, 0.25) is 0 Å². The molecule has 0 atom stereocenters. The van der Waals surface area contributed by atoms with Crippen molar-refractivity contribution >= 4 is 34.3 Å². The SMILES string of the molecule is O=C(CCCN1C(=O)c2cccc3cccc(c23)C1=O)Nc1ccnn1C1CCCCC1. The normalized spacial score (nSPS) is 16.6. The smallest absolute Gasteiger partial charge is 0.261 e. The van der Waals surface area contributed by atoms with Gasteiger partial charge in [0.05, 0.1) is 12.2 Å². The van der Waals surface area contributed by atoms with Gasteiger partial charge < -0.3 is 5.32 Å². The first-order valence-electron chi connectivity index (χ1n) is 11.3. The summed E-state index contributed by atoms with van der Waals surface area (Å²) in [6.45, 7) is 0.206. The van der Waals surface area contributed by atoms with Gasteiger partial charge in [0, 0.05) is 35.5 Å². The van der Waals surface area contributed by atoms with E-state index in [1.165, 1.54) is 24.2 Å². The number of aromatic nitrogens is 2. The summed E-state index contributed by atoms with van der Waals surface area (Å²) in [6.07, 6.45) is 8.13. The zero-order valence-electron chi connectivity index (χ0n) is 17.9. The van der Waals surface area contributed by atoms with E-state index >= 15 is 0 Å². The number of carbonyl (C=O) groups excluding carboxylic acids is 3. The zero-order chi connectivity index (χ0) is 22.1. The number of hydrogen-bond acceptors (Lipinski definition) is 4. The van der Waals surface area contributed by atoms with Crippen LogP contribution in [0.1, 0.15) is 71.7 Å². The summed E-state index contributed by atoms with van der Waals surface area (Å²) in [4.78, 5) is 39.7. The van der Waals surface area contributed by atoms with Gasteiger partial charge >= 0.3 is 0 Å². The third-order valence-corrected chi connectivity index (χ3v) is 6.50. The zero-order valence-corrected chi connectivity index (χ0v) is 17.9. The van der Waals surface area contributed by atoms with Gasteiger partial charge in [-0.3, -0.25) is 19.3 Å². The number of rotatable bonds is 6. The molecule has 2 heterocycles. The minimum absolute atomic E-state index is 0.137. The Morgan fingerprint density at radius 2 is 1.66 bits per heavy atom. The number of nitrogens with zero attached hydrogens (tertiary/aromatic N) is 3. The highest BCUT2D eigenvalue weighted by Gasteiger charge is 2.32. The van der Waals surface area contributed by atoms with E-state index < -0.39 is 0 Å². The standard InChI is InChI=1S/C25H26N4O3/c30-22(27-21-14-15-26-29(21)18-9-2-1-3-10-18)13-6-16-28-24(31)19-11-4-7-17-8-5-12-20(23(17)19)25(28)32/h4-5,7-8,11-12,14-15,18H,1-3,6,9-10,13,16H2,(H,27,30). The molecule has 2 aromatic carbocycles. The van der Waals surface area contributed by atoms with Crippen molar-refractivity contribution in [3.63, 3.8) is 0 Å². The monoisotopic (exact) mass is 430 g/mol. The summed E-state index contributed by atoms with van der Waals surface area (Å²) in [5.74, 6) is -0.0141. The van der Waals surface area contributed by atoms with Crippen molar-refractivity contribution in [3.05, 3.63) is 59.8 Å². The fraction of sp³-hybridized carbons (Fsp3) is 0.360. The summed E-state index contributed by atoms with van der Waals surface area (Å²) < 4.78 is 1.92. The predicted octanol–water partition coefficient (Wildman–Crippen LogP) is 4.56. The van der Waals surface area contributed by atoms with E-state index in [2.05, 4.69) is 10.4 Å². The van der Waals surface area contributed by atoms with Crippen molar-refractivity contribution in [2.75, 3.05) is 11.9 Å². The van der Waals surface area contributed by atoms with Crippen LogP contribution in [0.3, 0.4) is 0 Å². The molecule has 1 aliphatic heterocycles. The Morgan fingerprint density at radius 3 is 2.34 bits per heavy atom. The summed E-state index contributed by atoms with van der Waals surface area (Å²) in [7, 11) is 0. The average Bonchev–Trinajstić information content (AvgIpc) is 3.28. The maximum atomic E-state index is 13.0. The van der Waals surface area contributed by atoms with E-state index in [0.717, 1.165) is 23.6 Å². The Bertz CT molecular complexity index is 1140. The first kappa shape index (κ1) is 20.4. The molecule has 1 N–H and O–H groups in total. The summed E-state index contributed by atoms with van der Waals surface area (Å²) in [5.41, 5.74) is 1.08. The second kappa shape index (κ2) is 8.57. The van der Waals surface area contributed by atoms with Crippen LogP contribution in [0.5, 0.6) is 0 Å². The van der Waals surface area contributed by atoms with E-state index in [1.54, 1.807) is 18.3 Å². The number of benzene rings is 2. The maximum Gasteiger partial charge on any atom is 0.261 e. The Labute approximate surface area is 186 Å². The average molecular weight is 431 g/mol. The number of hydrogen-bond donors (Lipinski definition) is 1. The third-order valence-electron chi connectivity index (χ3n) is 6.50. The third kappa shape index (κ3) is 3.68. The van der Waals surface area contributed by atoms with Gasteiger partial charge in [-0.25, -0.2) is 4.68 Å². The van der Waals surface area contributed by atoms with Crippen LogP contribution in [0, 0.1) is 0 Å². The molecule has 0 spiro atoms. The molecule has 7 nitrogen and oxygen atoms in total. The molecule has 1 aliphatic carbocycles. The van der Waals surface area contributed by atoms with Crippen LogP contribution < -0.4 is 5.32 Å². The molecular formula is C25H26N4O3. The second-order valence-electron chi connectivity index (χ2n) is 8.58. The van der Waals surface area contributed by atoms with Gasteiger partial charge in [-0.05, 0) is 36.8 Å². The molecule has 32 heavy (non-hydrogen) atoms. The molecule has 0 saturated heterocycles. The van der Waals surface area contributed by atoms with Gasteiger partial charge in [0.1, 0.15) is 5.82 Å². The summed E-state index contributed by atoms with van der Waals surface area (Å²) in [5, 5.41) is 8.97. The molecule has 3 aromatic rings. The fourth-order valence-corrected chi connectivity index (χ4v) is 4.92. The van der Waals surface area contributed by atoms with Crippen LogP contribution in [0.15, 0.2) is 48.7 Å². The summed E-state index contributed by atoms with van der Waals surface area (Å²) in [6, 6.07) is 13.1. The number of nitrogens with one attached hydrogen (secondary N) is 1. The van der Waals surface area contributed by atoms with Crippen molar-refractivity contribution in [3.8, 4) is 0 Å². The van der Waals surface area contributed by atoms with E-state index in [1.807, 2.05) is 35.0 Å².